The number of amides is 1. The van der Waals surface area contributed by atoms with Gasteiger partial charge in [-0.15, -0.1) is 0 Å². The van der Waals surface area contributed by atoms with Crippen molar-refractivity contribution < 1.29 is 4.79 Å². The van der Waals surface area contributed by atoms with Crippen molar-refractivity contribution in [1.29, 1.82) is 0 Å². The minimum atomic E-state index is -0.307. The summed E-state index contributed by atoms with van der Waals surface area (Å²) in [7, 11) is 0. The van der Waals surface area contributed by atoms with Crippen LogP contribution in [0.3, 0.4) is 0 Å². The lowest BCUT2D eigenvalue weighted by molar-refractivity contribution is -0.119. The van der Waals surface area contributed by atoms with Gasteiger partial charge in [0.05, 0.1) is 6.54 Å². The lowest BCUT2D eigenvalue weighted by atomic mass is 10.0. The predicted molar refractivity (Wildman–Crippen MR) is 69.6 cm³/mol. The minimum Gasteiger partial charge on any atom is -0.370 e. The maximum absolute atomic E-state index is 10.9. The zero-order valence-electron chi connectivity index (χ0n) is 10.2. The molecule has 0 aromatic rings. The molecule has 0 saturated heterocycles. The quantitative estimate of drug-likeness (QED) is 0.769. The van der Waals surface area contributed by atoms with Crippen LogP contribution in [-0.2, 0) is 4.79 Å². The third-order valence-corrected chi connectivity index (χ3v) is 3.56. The van der Waals surface area contributed by atoms with Crippen molar-refractivity contribution in [1.82, 2.24) is 5.32 Å². The molecule has 1 heterocycles. The Kier molecular flexibility index (Phi) is 4.65. The van der Waals surface area contributed by atoms with Crippen molar-refractivity contribution in [2.75, 3.05) is 6.54 Å². The summed E-state index contributed by atoms with van der Waals surface area (Å²) in [6, 6.07) is 0. The van der Waals surface area contributed by atoms with Gasteiger partial charge in [-0.05, 0) is 20.3 Å². The van der Waals surface area contributed by atoms with Crippen LogP contribution in [0.1, 0.15) is 40.0 Å². The Hall–Kier alpha value is -0.710. The molecule has 1 rings (SSSR count). The number of rotatable bonds is 5. The number of carbonyl (C=O) groups is 1. The number of nitrogens with two attached hydrogens (primary N) is 1. The van der Waals surface area contributed by atoms with Gasteiger partial charge in [-0.25, -0.2) is 0 Å². The van der Waals surface area contributed by atoms with Crippen LogP contribution in [-0.4, -0.2) is 28.4 Å². The van der Waals surface area contributed by atoms with Crippen LogP contribution in [0.15, 0.2) is 4.99 Å². The van der Waals surface area contributed by atoms with Crippen molar-refractivity contribution in [3.8, 4) is 0 Å². The summed E-state index contributed by atoms with van der Waals surface area (Å²) in [5, 5.41) is 4.83. The van der Waals surface area contributed by atoms with Crippen LogP contribution < -0.4 is 11.1 Å². The van der Waals surface area contributed by atoms with Crippen LogP contribution in [0, 0.1) is 0 Å². The van der Waals surface area contributed by atoms with E-state index in [2.05, 4.69) is 17.2 Å². The maximum atomic E-state index is 10.9. The van der Waals surface area contributed by atoms with E-state index >= 15 is 0 Å². The fraction of sp³-hybridized carbons (Fsp3) is 0.818. The number of nitrogens with zero attached hydrogens (tertiary/aromatic N) is 1. The summed E-state index contributed by atoms with van der Waals surface area (Å²) < 4.78 is 0. The Morgan fingerprint density at radius 1 is 1.69 bits per heavy atom. The number of aliphatic imine (C=N–C) groups is 1. The first-order valence-corrected chi connectivity index (χ1v) is 6.58. The lowest BCUT2D eigenvalue weighted by Crippen LogP contribution is -2.44. The molecule has 0 aliphatic carbocycles. The van der Waals surface area contributed by atoms with Crippen molar-refractivity contribution in [3.05, 3.63) is 0 Å². The van der Waals surface area contributed by atoms with E-state index in [1.54, 1.807) is 11.8 Å². The molecule has 0 bridgehead atoms. The Labute approximate surface area is 101 Å². The van der Waals surface area contributed by atoms with Gasteiger partial charge in [-0.3, -0.25) is 9.79 Å². The number of carbonyl (C=O) groups excluding carboxylic acids is 1. The van der Waals surface area contributed by atoms with Gasteiger partial charge in [0.25, 0.3) is 0 Å². The highest BCUT2D eigenvalue weighted by Gasteiger charge is 2.26. The highest BCUT2D eigenvalue weighted by molar-refractivity contribution is 8.14. The normalized spacial score (nSPS) is 20.7. The molecular weight excluding hydrogens is 222 g/mol. The van der Waals surface area contributed by atoms with E-state index in [0.29, 0.717) is 11.7 Å². The smallest absolute Gasteiger partial charge is 0.219 e. The zero-order chi connectivity index (χ0) is 12.2. The summed E-state index contributed by atoms with van der Waals surface area (Å²) in [5.74, 6) is -0.286. The molecule has 1 unspecified atom stereocenters. The van der Waals surface area contributed by atoms with Crippen LogP contribution in [0.4, 0.5) is 0 Å². The predicted octanol–water partition coefficient (Wildman–Crippen LogP) is 1.50. The SMILES string of the molecule is CCCC1CN=C(NC(C)(C)CC(N)=O)S1. The van der Waals surface area contributed by atoms with Crippen LogP contribution in [0.5, 0.6) is 0 Å². The first kappa shape index (κ1) is 13.4. The number of amidine groups is 1. The molecule has 0 radical (unpaired) electrons. The third-order valence-electron chi connectivity index (χ3n) is 2.39. The number of hydrogen-bond acceptors (Lipinski definition) is 4. The molecule has 3 N–H and O–H groups in total. The highest BCUT2D eigenvalue weighted by atomic mass is 32.2. The van der Waals surface area contributed by atoms with Crippen LogP contribution >= 0.6 is 11.8 Å². The van der Waals surface area contributed by atoms with Crippen LogP contribution in [0.25, 0.3) is 0 Å². The molecular formula is C11H21N3OS. The van der Waals surface area contributed by atoms with Gasteiger partial charge in [0.1, 0.15) is 0 Å². The van der Waals surface area contributed by atoms with Gasteiger partial charge in [0.15, 0.2) is 5.17 Å². The van der Waals surface area contributed by atoms with E-state index in [9.17, 15) is 4.79 Å². The first-order chi connectivity index (χ1) is 7.43. The fourth-order valence-corrected chi connectivity index (χ4v) is 3.03. The molecule has 16 heavy (non-hydrogen) atoms. The van der Waals surface area contributed by atoms with Gasteiger partial charge in [-0.1, -0.05) is 25.1 Å². The van der Waals surface area contributed by atoms with E-state index in [0.717, 1.165) is 11.7 Å². The summed E-state index contributed by atoms with van der Waals surface area (Å²) >= 11 is 1.78. The summed E-state index contributed by atoms with van der Waals surface area (Å²) in [4.78, 5) is 15.3. The van der Waals surface area contributed by atoms with Gasteiger partial charge in [-0.2, -0.15) is 0 Å². The molecule has 1 atom stereocenters. The summed E-state index contributed by atoms with van der Waals surface area (Å²) in [6.45, 7) is 7.00. The molecule has 0 saturated carbocycles. The number of nitrogens with one attached hydrogen (secondary N) is 1. The lowest BCUT2D eigenvalue weighted by Gasteiger charge is -2.25. The number of hydrogen-bond donors (Lipinski definition) is 2. The summed E-state index contributed by atoms with van der Waals surface area (Å²) in [6.07, 6.45) is 2.70. The van der Waals surface area contributed by atoms with Gasteiger partial charge >= 0.3 is 0 Å². The number of thioether (sulfide) groups is 1. The fourth-order valence-electron chi connectivity index (χ4n) is 1.73. The van der Waals surface area contributed by atoms with Gasteiger partial charge < -0.3 is 11.1 Å². The average Bonchev–Trinajstić information content (AvgIpc) is 2.49. The van der Waals surface area contributed by atoms with Crippen molar-refractivity contribution in [3.63, 3.8) is 0 Å². The monoisotopic (exact) mass is 243 g/mol. The largest absolute Gasteiger partial charge is 0.370 e. The standard InChI is InChI=1S/C11H21N3OS/c1-4-5-8-7-13-10(16-8)14-11(2,3)6-9(12)15/h8H,4-7H2,1-3H3,(H2,12,15)(H,13,14). The number of primary amides is 1. The zero-order valence-corrected chi connectivity index (χ0v) is 11.1. The molecule has 0 aromatic heterocycles. The van der Waals surface area contributed by atoms with Crippen LogP contribution in [0.2, 0.25) is 0 Å². The van der Waals surface area contributed by atoms with Crippen molar-refractivity contribution >= 4 is 22.8 Å². The van der Waals surface area contributed by atoms with E-state index in [4.69, 9.17) is 5.73 Å². The highest BCUT2D eigenvalue weighted by Crippen LogP contribution is 2.25. The molecule has 92 valence electrons. The van der Waals surface area contributed by atoms with Crippen molar-refractivity contribution in [2.24, 2.45) is 10.7 Å². The van der Waals surface area contributed by atoms with Crippen molar-refractivity contribution in [2.45, 2.75) is 50.8 Å². The molecule has 1 aliphatic rings. The van der Waals surface area contributed by atoms with E-state index in [1.165, 1.54) is 12.8 Å². The Morgan fingerprint density at radius 3 is 2.94 bits per heavy atom. The second-order valence-corrected chi connectivity index (χ2v) is 6.12. The molecule has 4 nitrogen and oxygen atoms in total. The molecule has 5 heteroatoms. The molecule has 1 aliphatic heterocycles. The van der Waals surface area contributed by atoms with E-state index < -0.39 is 0 Å². The Balaban J connectivity index is 2.41. The van der Waals surface area contributed by atoms with E-state index in [1.807, 2.05) is 13.8 Å². The van der Waals surface area contributed by atoms with Gasteiger partial charge in [0.2, 0.25) is 5.91 Å². The molecule has 1 amide bonds. The minimum absolute atomic E-state index is 0.286. The van der Waals surface area contributed by atoms with E-state index in [-0.39, 0.29) is 11.4 Å². The molecule has 0 aromatic carbocycles. The molecule has 0 fully saturated rings. The first-order valence-electron chi connectivity index (χ1n) is 5.70. The maximum Gasteiger partial charge on any atom is 0.219 e. The molecule has 0 spiro atoms. The van der Waals surface area contributed by atoms with Gasteiger partial charge in [0, 0.05) is 17.2 Å². The second-order valence-electron chi connectivity index (χ2n) is 4.83. The third kappa shape index (κ3) is 4.43. The second kappa shape index (κ2) is 5.57. The average molecular weight is 243 g/mol. The Bertz CT molecular complexity index is 289. The Morgan fingerprint density at radius 2 is 2.38 bits per heavy atom. The summed E-state index contributed by atoms with van der Waals surface area (Å²) in [5.41, 5.74) is 4.90. The topological polar surface area (TPSA) is 67.5 Å².